The number of nitrogens with zero attached hydrogens (tertiary/aromatic N) is 1. The molecule has 2 aliphatic rings. The average molecular weight is 546 g/mol. The quantitative estimate of drug-likeness (QED) is 0.176. The summed E-state index contributed by atoms with van der Waals surface area (Å²) >= 11 is 0. The van der Waals surface area contributed by atoms with Crippen LogP contribution in [-0.4, -0.2) is 12.3 Å². The van der Waals surface area contributed by atoms with Gasteiger partial charge in [-0.15, -0.1) is 0 Å². The fourth-order valence-corrected chi connectivity index (χ4v) is 6.08. The number of benzene rings is 4. The molecule has 1 fully saturated rings. The molecule has 4 nitrogen and oxygen atoms in total. The third-order valence-corrected chi connectivity index (χ3v) is 8.27. The van der Waals surface area contributed by atoms with Crippen LogP contribution in [0.5, 0.6) is 17.2 Å². The molecular weight excluding hydrogens is 506 g/mol. The molecule has 1 aliphatic heterocycles. The maximum atomic E-state index is 6.76. The van der Waals surface area contributed by atoms with Crippen LogP contribution < -0.4 is 14.2 Å². The van der Waals surface area contributed by atoms with Gasteiger partial charge >= 0.3 is 0 Å². The first-order valence-corrected chi connectivity index (χ1v) is 15.0. The van der Waals surface area contributed by atoms with Crippen LogP contribution in [0.15, 0.2) is 108 Å². The number of hydrogen-bond donors (Lipinski definition) is 0. The highest BCUT2D eigenvalue weighted by molar-refractivity contribution is 5.88. The largest absolute Gasteiger partial charge is 0.489 e. The Kier molecular flexibility index (Phi) is 8.65. The van der Waals surface area contributed by atoms with E-state index in [2.05, 4.69) is 67.6 Å². The van der Waals surface area contributed by atoms with E-state index in [1.165, 1.54) is 29.7 Å². The molecule has 1 saturated carbocycles. The standard InChI is InChI=1S/C37H39NO3/c1-2-3-10-21-38-30-22-33-34-24-32(40-26-28-13-8-5-9-14-28)19-20-36(34)41-37(35(33)23-30)29-15-17-31(18-16-29)39-25-27-11-6-4-7-12-27/h4-9,11-20,24,33,35,37H,2-3,10,21-23,25-26H2,1H3/t33-,35-,37-/m0/s1. The van der Waals surface area contributed by atoms with Crippen LogP contribution >= 0.6 is 0 Å². The summed E-state index contributed by atoms with van der Waals surface area (Å²) in [4.78, 5) is 5.06. The van der Waals surface area contributed by atoms with Gasteiger partial charge in [0.25, 0.3) is 0 Å². The summed E-state index contributed by atoms with van der Waals surface area (Å²) in [5.74, 6) is 3.42. The molecular formula is C37H39NO3. The number of fused-ring (bicyclic) bond motifs is 3. The molecule has 4 aromatic rings. The second-order valence-corrected chi connectivity index (χ2v) is 11.2. The second-order valence-electron chi connectivity index (χ2n) is 11.2. The van der Waals surface area contributed by atoms with Gasteiger partial charge in [-0.3, -0.25) is 4.99 Å². The molecule has 0 N–H and O–H groups in total. The van der Waals surface area contributed by atoms with Gasteiger partial charge in [0, 0.05) is 23.7 Å². The number of unbranched alkanes of at least 4 members (excludes halogenated alkanes) is 2. The zero-order chi connectivity index (χ0) is 27.9. The minimum absolute atomic E-state index is 0.0184. The SMILES string of the molecule is CCCCCN=C1C[C@H]2[C@@H](C1)c1cc(OCc3ccccc3)ccc1O[C@H]2c1ccc(OCc2ccccc2)cc1. The van der Waals surface area contributed by atoms with E-state index in [4.69, 9.17) is 19.2 Å². The molecule has 4 aromatic carbocycles. The first kappa shape index (κ1) is 27.1. The Morgan fingerprint density at radius 2 is 1.39 bits per heavy atom. The summed E-state index contributed by atoms with van der Waals surface area (Å²) in [6, 6.07) is 35.4. The maximum absolute atomic E-state index is 6.76. The molecule has 0 aromatic heterocycles. The molecule has 210 valence electrons. The Hall–Kier alpha value is -4.05. The lowest BCUT2D eigenvalue weighted by Crippen LogP contribution is -2.26. The van der Waals surface area contributed by atoms with E-state index in [1.54, 1.807) is 0 Å². The molecule has 0 spiro atoms. The van der Waals surface area contributed by atoms with Crippen molar-refractivity contribution in [3.8, 4) is 17.2 Å². The number of aliphatic imine (C=N–C) groups is 1. The van der Waals surface area contributed by atoms with Crippen molar-refractivity contribution in [2.24, 2.45) is 10.9 Å². The van der Waals surface area contributed by atoms with Crippen molar-refractivity contribution in [1.29, 1.82) is 0 Å². The molecule has 0 bridgehead atoms. The summed E-state index contributed by atoms with van der Waals surface area (Å²) in [5, 5.41) is 0. The molecule has 1 aliphatic carbocycles. The van der Waals surface area contributed by atoms with Gasteiger partial charge in [-0.25, -0.2) is 0 Å². The highest BCUT2D eigenvalue weighted by Crippen LogP contribution is 2.53. The van der Waals surface area contributed by atoms with Crippen molar-refractivity contribution in [2.45, 2.75) is 64.3 Å². The first-order valence-electron chi connectivity index (χ1n) is 15.0. The molecule has 0 radical (unpaired) electrons. The van der Waals surface area contributed by atoms with E-state index in [9.17, 15) is 0 Å². The smallest absolute Gasteiger partial charge is 0.127 e. The number of hydrogen-bond acceptors (Lipinski definition) is 4. The van der Waals surface area contributed by atoms with Crippen LogP contribution in [0.2, 0.25) is 0 Å². The summed E-state index contributed by atoms with van der Waals surface area (Å²) in [6.07, 6.45) is 5.56. The van der Waals surface area contributed by atoms with Crippen molar-refractivity contribution in [3.05, 3.63) is 125 Å². The fraction of sp³-hybridized carbons (Fsp3) is 0.324. The highest BCUT2D eigenvalue weighted by Gasteiger charge is 2.44. The van der Waals surface area contributed by atoms with Crippen LogP contribution in [0.25, 0.3) is 0 Å². The van der Waals surface area contributed by atoms with E-state index >= 15 is 0 Å². The molecule has 0 amide bonds. The highest BCUT2D eigenvalue weighted by atomic mass is 16.5. The summed E-state index contributed by atoms with van der Waals surface area (Å²) in [5.41, 5.74) is 6.09. The number of ether oxygens (including phenoxy) is 3. The van der Waals surface area contributed by atoms with Gasteiger partial charge in [0.1, 0.15) is 36.6 Å². The van der Waals surface area contributed by atoms with Gasteiger partial charge < -0.3 is 14.2 Å². The Bertz CT molecular complexity index is 1430. The van der Waals surface area contributed by atoms with Crippen LogP contribution in [0.1, 0.15) is 73.3 Å². The number of rotatable bonds is 11. The summed E-state index contributed by atoms with van der Waals surface area (Å²) in [6.45, 7) is 4.28. The third kappa shape index (κ3) is 6.65. The van der Waals surface area contributed by atoms with E-state index in [0.717, 1.165) is 54.2 Å². The zero-order valence-electron chi connectivity index (χ0n) is 23.9. The molecule has 4 heteroatoms. The lowest BCUT2D eigenvalue weighted by atomic mass is 9.80. The van der Waals surface area contributed by atoms with E-state index < -0.39 is 0 Å². The van der Waals surface area contributed by atoms with Crippen LogP contribution in [0.3, 0.4) is 0 Å². The molecule has 1 heterocycles. The van der Waals surface area contributed by atoms with Crippen molar-refractivity contribution in [3.63, 3.8) is 0 Å². The van der Waals surface area contributed by atoms with E-state index in [0.29, 0.717) is 25.0 Å². The van der Waals surface area contributed by atoms with Crippen molar-refractivity contribution >= 4 is 5.71 Å². The van der Waals surface area contributed by atoms with Gasteiger partial charge in [0.15, 0.2) is 0 Å². The molecule has 0 saturated heterocycles. The lowest BCUT2D eigenvalue weighted by molar-refractivity contribution is 0.105. The Balaban J connectivity index is 1.21. The minimum atomic E-state index is -0.0184. The summed E-state index contributed by atoms with van der Waals surface area (Å²) < 4.78 is 19.0. The lowest BCUT2D eigenvalue weighted by Gasteiger charge is -2.36. The normalized spacial score (nSPS) is 20.2. The van der Waals surface area contributed by atoms with Gasteiger partial charge in [0.05, 0.1) is 0 Å². The monoisotopic (exact) mass is 545 g/mol. The average Bonchev–Trinajstić information content (AvgIpc) is 3.46. The topological polar surface area (TPSA) is 40.0 Å². The van der Waals surface area contributed by atoms with E-state index in [1.807, 2.05) is 42.5 Å². The maximum Gasteiger partial charge on any atom is 0.127 e. The molecule has 0 unspecified atom stereocenters. The van der Waals surface area contributed by atoms with Crippen molar-refractivity contribution < 1.29 is 14.2 Å². The second kappa shape index (κ2) is 13.1. The minimum Gasteiger partial charge on any atom is -0.489 e. The van der Waals surface area contributed by atoms with Crippen LogP contribution in [0, 0.1) is 5.92 Å². The molecule has 41 heavy (non-hydrogen) atoms. The predicted molar refractivity (Wildman–Crippen MR) is 165 cm³/mol. The molecule has 6 rings (SSSR count). The molecule has 3 atom stereocenters. The Morgan fingerprint density at radius 1 is 0.732 bits per heavy atom. The van der Waals surface area contributed by atoms with Crippen LogP contribution in [0.4, 0.5) is 0 Å². The van der Waals surface area contributed by atoms with Crippen LogP contribution in [-0.2, 0) is 13.2 Å². The Morgan fingerprint density at radius 3 is 2.07 bits per heavy atom. The van der Waals surface area contributed by atoms with Crippen molar-refractivity contribution in [1.82, 2.24) is 0 Å². The zero-order valence-corrected chi connectivity index (χ0v) is 23.9. The first-order chi connectivity index (χ1) is 20.3. The van der Waals surface area contributed by atoms with E-state index in [-0.39, 0.29) is 6.10 Å². The van der Waals surface area contributed by atoms with Gasteiger partial charge in [-0.2, -0.15) is 0 Å². The third-order valence-electron chi connectivity index (χ3n) is 8.27. The fourth-order valence-electron chi connectivity index (χ4n) is 6.08. The van der Waals surface area contributed by atoms with Gasteiger partial charge in [0.2, 0.25) is 0 Å². The summed E-state index contributed by atoms with van der Waals surface area (Å²) in [7, 11) is 0. The van der Waals surface area contributed by atoms with Gasteiger partial charge in [-0.05, 0) is 72.2 Å². The predicted octanol–water partition coefficient (Wildman–Crippen LogP) is 9.10. The Labute approximate surface area is 244 Å². The van der Waals surface area contributed by atoms with Gasteiger partial charge in [-0.1, -0.05) is 92.6 Å². The van der Waals surface area contributed by atoms with Crippen molar-refractivity contribution in [2.75, 3.05) is 6.54 Å².